The molecule has 0 bridgehead atoms. The summed E-state index contributed by atoms with van der Waals surface area (Å²) in [5.41, 5.74) is 2.49. The van der Waals surface area contributed by atoms with Crippen molar-refractivity contribution in [2.75, 3.05) is 25.0 Å². The maximum absolute atomic E-state index is 12.5. The lowest BCUT2D eigenvalue weighted by atomic mass is 9.99. The molecule has 1 aliphatic rings. The van der Waals surface area contributed by atoms with Crippen molar-refractivity contribution in [2.24, 2.45) is 5.92 Å². The zero-order valence-electron chi connectivity index (χ0n) is 13.2. The summed E-state index contributed by atoms with van der Waals surface area (Å²) >= 11 is 0. The van der Waals surface area contributed by atoms with Crippen molar-refractivity contribution in [2.45, 2.75) is 12.8 Å². The summed E-state index contributed by atoms with van der Waals surface area (Å²) < 4.78 is 0. The lowest BCUT2D eigenvalue weighted by Gasteiger charge is -2.23. The zero-order chi connectivity index (χ0) is 15.9. The van der Waals surface area contributed by atoms with Crippen LogP contribution in [0.2, 0.25) is 0 Å². The number of anilines is 2. The molecule has 0 radical (unpaired) electrons. The topological polar surface area (TPSA) is 53.2 Å². The summed E-state index contributed by atoms with van der Waals surface area (Å²) in [6, 6.07) is 17.5. The molecule has 120 valence electrons. The molecule has 4 heteroatoms. The highest BCUT2D eigenvalue weighted by Crippen LogP contribution is 2.20. The summed E-state index contributed by atoms with van der Waals surface area (Å²) in [4.78, 5) is 12.5. The van der Waals surface area contributed by atoms with Crippen LogP contribution in [-0.2, 0) is 0 Å². The highest BCUT2D eigenvalue weighted by Gasteiger charge is 2.16. The molecular formula is C19H23N3O. The molecule has 1 atom stereocenters. The maximum atomic E-state index is 12.5. The van der Waals surface area contributed by atoms with E-state index in [9.17, 15) is 4.79 Å². The van der Waals surface area contributed by atoms with Gasteiger partial charge in [0.2, 0.25) is 0 Å². The van der Waals surface area contributed by atoms with Crippen LogP contribution in [-0.4, -0.2) is 25.5 Å². The van der Waals surface area contributed by atoms with Crippen molar-refractivity contribution in [1.82, 2.24) is 10.6 Å². The van der Waals surface area contributed by atoms with Gasteiger partial charge in [0.25, 0.3) is 5.91 Å². The number of nitrogens with one attached hydrogen (secondary N) is 3. The van der Waals surface area contributed by atoms with Crippen LogP contribution in [0.25, 0.3) is 0 Å². The second-order valence-corrected chi connectivity index (χ2v) is 5.96. The van der Waals surface area contributed by atoms with Gasteiger partial charge in [-0.1, -0.05) is 30.3 Å². The lowest BCUT2D eigenvalue weighted by molar-refractivity contribution is 0.0945. The van der Waals surface area contributed by atoms with Gasteiger partial charge in [0.05, 0.1) is 11.3 Å². The molecular weight excluding hydrogens is 286 g/mol. The minimum absolute atomic E-state index is 0.0189. The largest absolute Gasteiger partial charge is 0.355 e. The van der Waals surface area contributed by atoms with Crippen LogP contribution < -0.4 is 16.0 Å². The number of rotatable bonds is 5. The van der Waals surface area contributed by atoms with E-state index in [2.05, 4.69) is 16.0 Å². The van der Waals surface area contributed by atoms with E-state index < -0.39 is 0 Å². The van der Waals surface area contributed by atoms with Gasteiger partial charge in [0.1, 0.15) is 0 Å². The predicted octanol–water partition coefficient (Wildman–Crippen LogP) is 3.16. The van der Waals surface area contributed by atoms with Gasteiger partial charge in [-0.05, 0) is 56.1 Å². The number of amides is 1. The van der Waals surface area contributed by atoms with E-state index in [1.54, 1.807) is 0 Å². The average molecular weight is 309 g/mol. The monoisotopic (exact) mass is 309 g/mol. The van der Waals surface area contributed by atoms with Crippen LogP contribution in [0, 0.1) is 5.92 Å². The molecule has 2 aromatic carbocycles. The number of carbonyl (C=O) groups excluding carboxylic acids is 1. The highest BCUT2D eigenvalue weighted by molar-refractivity contribution is 6.00. The fraction of sp³-hybridized carbons (Fsp3) is 0.316. The molecule has 3 N–H and O–H groups in total. The van der Waals surface area contributed by atoms with Gasteiger partial charge in [0, 0.05) is 12.2 Å². The zero-order valence-corrected chi connectivity index (χ0v) is 13.2. The third-order valence-electron chi connectivity index (χ3n) is 4.17. The molecule has 0 saturated carbocycles. The number of benzene rings is 2. The number of carbonyl (C=O) groups is 1. The van der Waals surface area contributed by atoms with Gasteiger partial charge in [-0.25, -0.2) is 0 Å². The van der Waals surface area contributed by atoms with Gasteiger partial charge in [-0.3, -0.25) is 4.79 Å². The summed E-state index contributed by atoms with van der Waals surface area (Å²) in [5, 5.41) is 9.77. The molecule has 1 saturated heterocycles. The molecule has 1 amide bonds. The van der Waals surface area contributed by atoms with Gasteiger partial charge in [-0.2, -0.15) is 0 Å². The van der Waals surface area contributed by atoms with Crippen molar-refractivity contribution < 1.29 is 4.79 Å². The van der Waals surface area contributed by atoms with E-state index in [0.29, 0.717) is 11.5 Å². The van der Waals surface area contributed by atoms with E-state index in [-0.39, 0.29) is 5.91 Å². The van der Waals surface area contributed by atoms with Crippen molar-refractivity contribution >= 4 is 17.3 Å². The number of para-hydroxylation sites is 2. The van der Waals surface area contributed by atoms with Crippen molar-refractivity contribution in [3.63, 3.8) is 0 Å². The van der Waals surface area contributed by atoms with Gasteiger partial charge in [0.15, 0.2) is 0 Å². The summed E-state index contributed by atoms with van der Waals surface area (Å²) in [6.07, 6.45) is 2.36. The Morgan fingerprint density at radius 2 is 1.87 bits per heavy atom. The first kappa shape index (κ1) is 15.6. The minimum Gasteiger partial charge on any atom is -0.355 e. The van der Waals surface area contributed by atoms with Gasteiger partial charge >= 0.3 is 0 Å². The molecule has 0 aromatic heterocycles. The Kier molecular flexibility index (Phi) is 5.27. The molecule has 3 rings (SSSR count). The Morgan fingerprint density at radius 1 is 1.09 bits per heavy atom. The first-order valence-corrected chi connectivity index (χ1v) is 8.23. The predicted molar refractivity (Wildman–Crippen MR) is 94.1 cm³/mol. The summed E-state index contributed by atoms with van der Waals surface area (Å²) in [7, 11) is 0. The summed E-state index contributed by atoms with van der Waals surface area (Å²) in [6.45, 7) is 2.81. The van der Waals surface area contributed by atoms with E-state index in [0.717, 1.165) is 31.0 Å². The standard InChI is InChI=1S/C19H23N3O/c23-19(21-14-15-7-6-12-20-13-15)17-10-4-5-11-18(17)22-16-8-2-1-3-9-16/h1-5,8-11,15,20,22H,6-7,12-14H2,(H,21,23). The van der Waals surface area contributed by atoms with E-state index in [4.69, 9.17) is 0 Å². The Labute approximate surface area is 137 Å². The first-order chi connectivity index (χ1) is 11.3. The first-order valence-electron chi connectivity index (χ1n) is 8.23. The molecule has 1 fully saturated rings. The van der Waals surface area contributed by atoms with Crippen LogP contribution in [0.3, 0.4) is 0 Å². The third-order valence-corrected chi connectivity index (χ3v) is 4.17. The van der Waals surface area contributed by atoms with Crippen LogP contribution >= 0.6 is 0 Å². The Balaban J connectivity index is 1.65. The fourth-order valence-electron chi connectivity index (χ4n) is 2.90. The molecule has 23 heavy (non-hydrogen) atoms. The Bertz CT molecular complexity index is 636. The quantitative estimate of drug-likeness (QED) is 0.795. The second-order valence-electron chi connectivity index (χ2n) is 5.96. The Morgan fingerprint density at radius 3 is 2.65 bits per heavy atom. The molecule has 1 heterocycles. The smallest absolute Gasteiger partial charge is 0.253 e. The molecule has 0 aliphatic carbocycles. The number of hydrogen-bond donors (Lipinski definition) is 3. The fourth-order valence-corrected chi connectivity index (χ4v) is 2.90. The molecule has 2 aromatic rings. The molecule has 0 spiro atoms. The minimum atomic E-state index is -0.0189. The number of piperidine rings is 1. The third kappa shape index (κ3) is 4.33. The molecule has 1 aliphatic heterocycles. The van der Waals surface area contributed by atoms with Crippen molar-refractivity contribution in [1.29, 1.82) is 0 Å². The van der Waals surface area contributed by atoms with Gasteiger partial charge in [-0.15, -0.1) is 0 Å². The van der Waals surface area contributed by atoms with Crippen LogP contribution in [0.4, 0.5) is 11.4 Å². The van der Waals surface area contributed by atoms with Gasteiger partial charge < -0.3 is 16.0 Å². The molecule has 1 unspecified atom stereocenters. The second kappa shape index (κ2) is 7.79. The van der Waals surface area contributed by atoms with E-state index >= 15 is 0 Å². The lowest BCUT2D eigenvalue weighted by Crippen LogP contribution is -2.38. The van der Waals surface area contributed by atoms with Crippen LogP contribution in [0.1, 0.15) is 23.2 Å². The highest BCUT2D eigenvalue weighted by atomic mass is 16.1. The van der Waals surface area contributed by atoms with Crippen molar-refractivity contribution in [3.05, 3.63) is 60.2 Å². The average Bonchev–Trinajstić information content (AvgIpc) is 2.62. The summed E-state index contributed by atoms with van der Waals surface area (Å²) in [5.74, 6) is 0.511. The number of hydrogen-bond acceptors (Lipinski definition) is 3. The molecule has 4 nitrogen and oxygen atoms in total. The maximum Gasteiger partial charge on any atom is 0.253 e. The SMILES string of the molecule is O=C(NCC1CCCNC1)c1ccccc1Nc1ccccc1. The normalized spacial score (nSPS) is 17.5. The van der Waals surface area contributed by atoms with Crippen LogP contribution in [0.15, 0.2) is 54.6 Å². The van der Waals surface area contributed by atoms with Crippen LogP contribution in [0.5, 0.6) is 0 Å². The Hall–Kier alpha value is -2.33. The van der Waals surface area contributed by atoms with Crippen molar-refractivity contribution in [3.8, 4) is 0 Å². The van der Waals surface area contributed by atoms with E-state index in [1.165, 1.54) is 12.8 Å². The van der Waals surface area contributed by atoms with E-state index in [1.807, 2.05) is 54.6 Å².